The van der Waals surface area contributed by atoms with Crippen LogP contribution in [0.15, 0.2) is 24.3 Å². The number of rotatable bonds is 6. The number of aliphatic hydroxyl groups excluding tert-OH is 1. The van der Waals surface area contributed by atoms with Crippen molar-refractivity contribution in [1.29, 1.82) is 0 Å². The van der Waals surface area contributed by atoms with Gasteiger partial charge < -0.3 is 19.5 Å². The second-order valence-corrected chi connectivity index (χ2v) is 10.2. The van der Waals surface area contributed by atoms with Gasteiger partial charge in [-0.05, 0) is 92.4 Å². The molecule has 2 atom stereocenters. The van der Waals surface area contributed by atoms with Gasteiger partial charge in [0.2, 0.25) is 0 Å². The van der Waals surface area contributed by atoms with Crippen molar-refractivity contribution in [2.75, 3.05) is 19.6 Å². The summed E-state index contributed by atoms with van der Waals surface area (Å²) in [6, 6.07) is 7.68. The molecule has 180 valence electrons. The van der Waals surface area contributed by atoms with E-state index in [0.29, 0.717) is 37.2 Å². The zero-order chi connectivity index (χ0) is 24.0. The maximum atomic E-state index is 11.8. The van der Waals surface area contributed by atoms with Crippen molar-refractivity contribution in [2.45, 2.75) is 59.4 Å². The number of ether oxygens (including phenoxy) is 2. The van der Waals surface area contributed by atoms with Crippen LogP contribution in [0, 0.1) is 25.7 Å². The topological polar surface area (TPSA) is 76.1 Å². The number of cyclic esters (lactones) is 2. The van der Waals surface area contributed by atoms with Crippen LogP contribution in [-0.4, -0.2) is 41.6 Å². The Labute approximate surface area is 200 Å². The number of fused-ring (bicyclic) bond motifs is 2. The summed E-state index contributed by atoms with van der Waals surface area (Å²) < 4.78 is 10.4. The number of carbonyl (C=O) groups excluding carboxylic acids is 2. The summed E-state index contributed by atoms with van der Waals surface area (Å²) in [5.41, 5.74) is 7.69. The van der Waals surface area contributed by atoms with Crippen molar-refractivity contribution in [3.05, 3.63) is 68.8 Å². The van der Waals surface area contributed by atoms with Crippen LogP contribution in [0.4, 0.5) is 0 Å². The number of hydrogen-bond donors (Lipinski definition) is 1. The average molecular weight is 464 g/mol. The summed E-state index contributed by atoms with van der Waals surface area (Å²) in [5, 5.41) is 10.9. The molecular formula is C28H33NO5. The van der Waals surface area contributed by atoms with E-state index < -0.39 is 6.10 Å². The summed E-state index contributed by atoms with van der Waals surface area (Å²) in [7, 11) is 0. The minimum atomic E-state index is -0.575. The summed E-state index contributed by atoms with van der Waals surface area (Å²) in [6.07, 6.45) is 2.67. The van der Waals surface area contributed by atoms with Crippen LogP contribution in [0.1, 0.15) is 80.0 Å². The molecule has 0 radical (unpaired) electrons. The molecule has 0 saturated carbocycles. The zero-order valence-corrected chi connectivity index (χ0v) is 20.2. The molecule has 34 heavy (non-hydrogen) atoms. The minimum Gasteiger partial charge on any atom is -0.457 e. The van der Waals surface area contributed by atoms with Gasteiger partial charge in [0.15, 0.2) is 0 Å². The van der Waals surface area contributed by atoms with E-state index in [0.717, 1.165) is 60.2 Å². The van der Waals surface area contributed by atoms with Crippen molar-refractivity contribution < 1.29 is 24.2 Å². The highest BCUT2D eigenvalue weighted by Crippen LogP contribution is 2.33. The molecule has 0 bridgehead atoms. The number of aliphatic hydroxyl groups is 1. The van der Waals surface area contributed by atoms with Gasteiger partial charge in [0.05, 0.1) is 17.2 Å². The normalized spacial score (nSPS) is 20.0. The number of likely N-dealkylation sites (tertiary alicyclic amines) is 1. The molecule has 6 nitrogen and oxygen atoms in total. The van der Waals surface area contributed by atoms with Gasteiger partial charge >= 0.3 is 11.9 Å². The molecule has 3 aliphatic rings. The average Bonchev–Trinajstić information content (AvgIpc) is 3.40. The second-order valence-electron chi connectivity index (χ2n) is 10.2. The maximum Gasteiger partial charge on any atom is 0.338 e. The third kappa shape index (κ3) is 4.14. The molecule has 3 heterocycles. The van der Waals surface area contributed by atoms with Gasteiger partial charge in [-0.1, -0.05) is 19.1 Å². The summed E-state index contributed by atoms with van der Waals surface area (Å²) >= 11 is 0. The fourth-order valence-corrected chi connectivity index (χ4v) is 5.91. The molecule has 1 fully saturated rings. The minimum absolute atomic E-state index is 0.204. The Kier molecular flexibility index (Phi) is 6.21. The number of nitrogens with zero attached hydrogens (tertiary/aromatic N) is 1. The van der Waals surface area contributed by atoms with Gasteiger partial charge in [-0.25, -0.2) is 9.59 Å². The van der Waals surface area contributed by atoms with E-state index >= 15 is 0 Å². The highest BCUT2D eigenvalue weighted by atomic mass is 16.5. The van der Waals surface area contributed by atoms with Crippen LogP contribution in [0.5, 0.6) is 0 Å². The van der Waals surface area contributed by atoms with E-state index in [1.54, 1.807) is 6.07 Å². The van der Waals surface area contributed by atoms with E-state index in [-0.39, 0.29) is 11.9 Å². The van der Waals surface area contributed by atoms with Crippen LogP contribution >= 0.6 is 0 Å². The molecule has 5 rings (SSSR count). The first-order valence-corrected chi connectivity index (χ1v) is 12.3. The first-order valence-electron chi connectivity index (χ1n) is 12.3. The van der Waals surface area contributed by atoms with Crippen LogP contribution < -0.4 is 0 Å². The summed E-state index contributed by atoms with van der Waals surface area (Å²) in [6.45, 7) is 9.67. The Morgan fingerprint density at radius 2 is 1.53 bits per heavy atom. The van der Waals surface area contributed by atoms with Crippen LogP contribution in [0.3, 0.4) is 0 Å². The Balaban J connectivity index is 1.16. The number of hydrogen-bond acceptors (Lipinski definition) is 6. The van der Waals surface area contributed by atoms with Crippen molar-refractivity contribution in [2.24, 2.45) is 11.8 Å². The zero-order valence-electron chi connectivity index (χ0n) is 20.2. The second kappa shape index (κ2) is 9.16. The number of benzene rings is 2. The molecular weight excluding hydrogens is 430 g/mol. The monoisotopic (exact) mass is 463 g/mol. The first kappa shape index (κ1) is 23.1. The number of carbonyl (C=O) groups is 2. The molecule has 0 aromatic heterocycles. The molecule has 6 heteroatoms. The predicted molar refractivity (Wildman–Crippen MR) is 128 cm³/mol. The van der Waals surface area contributed by atoms with Gasteiger partial charge in [0.25, 0.3) is 0 Å². The maximum absolute atomic E-state index is 11.8. The molecule has 1 N–H and O–H groups in total. The van der Waals surface area contributed by atoms with E-state index in [2.05, 4.69) is 24.8 Å². The van der Waals surface area contributed by atoms with Crippen LogP contribution in [0.25, 0.3) is 0 Å². The first-order chi connectivity index (χ1) is 16.3. The Hall–Kier alpha value is -2.70. The molecule has 0 spiro atoms. The molecule has 2 aromatic carbocycles. The summed E-state index contributed by atoms with van der Waals surface area (Å²) in [4.78, 5) is 26.0. The lowest BCUT2D eigenvalue weighted by Gasteiger charge is -2.36. The molecule has 1 unspecified atom stereocenters. The Morgan fingerprint density at radius 1 is 0.941 bits per heavy atom. The van der Waals surface area contributed by atoms with E-state index in [1.807, 2.05) is 19.1 Å². The fraction of sp³-hybridized carbons (Fsp3) is 0.500. The fourth-order valence-electron chi connectivity index (χ4n) is 5.91. The van der Waals surface area contributed by atoms with E-state index in [1.165, 1.54) is 11.1 Å². The van der Waals surface area contributed by atoms with Gasteiger partial charge in [0, 0.05) is 17.7 Å². The van der Waals surface area contributed by atoms with E-state index in [9.17, 15) is 14.7 Å². The van der Waals surface area contributed by atoms with Gasteiger partial charge in [-0.2, -0.15) is 0 Å². The lowest BCUT2D eigenvalue weighted by atomic mass is 9.80. The lowest BCUT2D eigenvalue weighted by molar-refractivity contribution is 0.0525. The standard InChI is InChI=1S/C28H33NO5/c1-16(12-20-4-5-22-24(17(20)2)14-33-27(22)31)19-8-10-29(11-9-19)13-26(30)21-6-7-23-25(18(21)3)15-34-28(23)32/h4-7,16,19,26,30H,8-15H2,1-3H3/t16?,26-/m0/s1. The number of piperidine rings is 1. The smallest absolute Gasteiger partial charge is 0.338 e. The van der Waals surface area contributed by atoms with Gasteiger partial charge in [-0.15, -0.1) is 0 Å². The quantitative estimate of drug-likeness (QED) is 0.645. The van der Waals surface area contributed by atoms with Crippen LogP contribution in [0.2, 0.25) is 0 Å². The Bertz CT molecular complexity index is 1130. The van der Waals surface area contributed by atoms with Crippen LogP contribution in [-0.2, 0) is 29.1 Å². The number of β-amino-alcohol motifs (C(OH)–C–C–N with tert-alkyl or cyclic N) is 1. The van der Waals surface area contributed by atoms with E-state index in [4.69, 9.17) is 9.47 Å². The molecule has 0 amide bonds. The number of esters is 2. The Morgan fingerprint density at radius 3 is 2.18 bits per heavy atom. The molecule has 2 aromatic rings. The van der Waals surface area contributed by atoms with Crippen molar-refractivity contribution >= 4 is 11.9 Å². The summed E-state index contributed by atoms with van der Waals surface area (Å²) in [5.74, 6) is 0.721. The van der Waals surface area contributed by atoms with Crippen molar-refractivity contribution in [3.8, 4) is 0 Å². The largest absolute Gasteiger partial charge is 0.457 e. The van der Waals surface area contributed by atoms with Crippen molar-refractivity contribution in [1.82, 2.24) is 4.90 Å². The molecule has 0 aliphatic carbocycles. The highest BCUT2D eigenvalue weighted by molar-refractivity contribution is 5.94. The highest BCUT2D eigenvalue weighted by Gasteiger charge is 2.29. The third-order valence-corrected chi connectivity index (χ3v) is 8.26. The molecule has 1 saturated heterocycles. The van der Waals surface area contributed by atoms with Gasteiger partial charge in [-0.3, -0.25) is 0 Å². The van der Waals surface area contributed by atoms with Gasteiger partial charge in [0.1, 0.15) is 13.2 Å². The molecule has 3 aliphatic heterocycles. The lowest BCUT2D eigenvalue weighted by Crippen LogP contribution is -2.38. The SMILES string of the molecule is Cc1c(CC(C)C2CCN(C[C@H](O)c3ccc4c(c3C)COC4=O)CC2)ccc2c1COC2=O. The van der Waals surface area contributed by atoms with Crippen molar-refractivity contribution in [3.63, 3.8) is 0 Å². The third-order valence-electron chi connectivity index (χ3n) is 8.26. The predicted octanol–water partition coefficient (Wildman–Crippen LogP) is 4.27.